The van der Waals surface area contributed by atoms with Crippen molar-refractivity contribution in [2.75, 3.05) is 11.1 Å². The number of rotatable bonds is 11. The number of anilines is 1. The van der Waals surface area contributed by atoms with Crippen LogP contribution in [0.5, 0.6) is 5.75 Å². The number of amides is 1. The van der Waals surface area contributed by atoms with Crippen molar-refractivity contribution in [3.05, 3.63) is 81.6 Å². The number of nitro groups is 1. The van der Waals surface area contributed by atoms with Crippen LogP contribution in [0.2, 0.25) is 5.02 Å². The Bertz CT molecular complexity index is 1210. The zero-order valence-corrected chi connectivity index (χ0v) is 21.2. The molecule has 0 spiro atoms. The van der Waals surface area contributed by atoms with Gasteiger partial charge in [-0.2, -0.15) is 0 Å². The summed E-state index contributed by atoms with van der Waals surface area (Å²) >= 11 is 7.24. The highest BCUT2D eigenvalue weighted by Gasteiger charge is 2.20. The van der Waals surface area contributed by atoms with Crippen LogP contribution in [0.15, 0.2) is 60.3 Å². The van der Waals surface area contributed by atoms with E-state index in [2.05, 4.69) is 35.9 Å². The molecule has 3 aromatic rings. The van der Waals surface area contributed by atoms with Crippen LogP contribution in [0.1, 0.15) is 44.2 Å². The lowest BCUT2D eigenvalue weighted by Crippen LogP contribution is -2.16. The van der Waals surface area contributed by atoms with E-state index in [0.29, 0.717) is 23.4 Å². The number of allylic oxidation sites excluding steroid dienone is 1. The molecule has 2 aromatic carbocycles. The summed E-state index contributed by atoms with van der Waals surface area (Å²) in [6.45, 7) is 10.4. The molecule has 0 saturated heterocycles. The molecule has 1 heterocycles. The van der Waals surface area contributed by atoms with Crippen LogP contribution in [-0.2, 0) is 11.3 Å². The summed E-state index contributed by atoms with van der Waals surface area (Å²) in [5.74, 6) is 1.36. The Labute approximate surface area is 212 Å². The second kappa shape index (κ2) is 11.9. The molecule has 1 atom stereocenters. The van der Waals surface area contributed by atoms with Gasteiger partial charge in [0.15, 0.2) is 17.1 Å². The van der Waals surface area contributed by atoms with Crippen molar-refractivity contribution in [3.63, 3.8) is 0 Å². The number of carbonyl (C=O) groups excluding carboxylic acids is 1. The Morgan fingerprint density at radius 1 is 1.26 bits per heavy atom. The zero-order chi connectivity index (χ0) is 25.5. The van der Waals surface area contributed by atoms with Gasteiger partial charge in [0.1, 0.15) is 5.75 Å². The molecule has 0 aliphatic rings. The standard InChI is InChI=1S/C24H26ClN5O4S/c1-5-12-29-23(16(4)34-19-9-6-17(7-10-19)15(2)3)27-28-24(29)35-14-22(31)26-21-13-18(30(32)33)8-11-20(21)25/h5-11,13,15-16H,1,12,14H2,2-4H3,(H,26,31). The fraction of sp³-hybridized carbons (Fsp3) is 0.292. The third kappa shape index (κ3) is 6.83. The van der Waals surface area contributed by atoms with Crippen LogP contribution in [0, 0.1) is 10.1 Å². The predicted octanol–water partition coefficient (Wildman–Crippen LogP) is 6.02. The summed E-state index contributed by atoms with van der Waals surface area (Å²) in [5, 5.41) is 22.8. The van der Waals surface area contributed by atoms with E-state index in [9.17, 15) is 14.9 Å². The first-order valence-electron chi connectivity index (χ1n) is 10.9. The zero-order valence-electron chi connectivity index (χ0n) is 19.6. The molecule has 11 heteroatoms. The van der Waals surface area contributed by atoms with E-state index in [1.165, 1.54) is 35.5 Å². The summed E-state index contributed by atoms with van der Waals surface area (Å²) in [7, 11) is 0. The Kier molecular flexibility index (Phi) is 8.89. The largest absolute Gasteiger partial charge is 0.483 e. The molecule has 0 aliphatic heterocycles. The number of hydrogen-bond donors (Lipinski definition) is 1. The van der Waals surface area contributed by atoms with Gasteiger partial charge in [0, 0.05) is 18.7 Å². The number of nitrogens with one attached hydrogen (secondary N) is 1. The molecule has 1 aromatic heterocycles. The number of carbonyl (C=O) groups is 1. The fourth-order valence-corrected chi connectivity index (χ4v) is 4.15. The molecule has 35 heavy (non-hydrogen) atoms. The lowest BCUT2D eigenvalue weighted by molar-refractivity contribution is -0.384. The van der Waals surface area contributed by atoms with E-state index in [1.54, 1.807) is 6.08 Å². The first-order chi connectivity index (χ1) is 16.7. The maximum atomic E-state index is 12.5. The number of non-ortho nitro benzene ring substituents is 1. The second-order valence-electron chi connectivity index (χ2n) is 7.98. The molecule has 0 radical (unpaired) electrons. The molecule has 0 bridgehead atoms. The van der Waals surface area contributed by atoms with Gasteiger partial charge in [0.2, 0.25) is 5.91 Å². The minimum Gasteiger partial charge on any atom is -0.483 e. The molecule has 0 aliphatic carbocycles. The molecular formula is C24H26ClN5O4S. The van der Waals surface area contributed by atoms with E-state index < -0.39 is 4.92 Å². The molecule has 0 saturated carbocycles. The Morgan fingerprint density at radius 2 is 1.97 bits per heavy atom. The van der Waals surface area contributed by atoms with E-state index in [0.717, 1.165) is 5.75 Å². The quantitative estimate of drug-likeness (QED) is 0.144. The van der Waals surface area contributed by atoms with Crippen LogP contribution in [0.25, 0.3) is 0 Å². The Morgan fingerprint density at radius 3 is 2.60 bits per heavy atom. The predicted molar refractivity (Wildman–Crippen MR) is 137 cm³/mol. The molecule has 3 rings (SSSR count). The molecule has 1 unspecified atom stereocenters. The van der Waals surface area contributed by atoms with Gasteiger partial charge < -0.3 is 10.1 Å². The smallest absolute Gasteiger partial charge is 0.271 e. The topological polar surface area (TPSA) is 112 Å². The van der Waals surface area contributed by atoms with Gasteiger partial charge in [-0.05, 0) is 36.6 Å². The van der Waals surface area contributed by atoms with Crippen LogP contribution in [0.4, 0.5) is 11.4 Å². The van der Waals surface area contributed by atoms with Crippen molar-refractivity contribution < 1.29 is 14.5 Å². The number of hydrogen-bond acceptors (Lipinski definition) is 7. The number of nitro benzene ring substituents is 1. The van der Waals surface area contributed by atoms with Crippen molar-refractivity contribution in [2.45, 2.75) is 44.5 Å². The van der Waals surface area contributed by atoms with Crippen molar-refractivity contribution in [1.29, 1.82) is 0 Å². The van der Waals surface area contributed by atoms with Crippen LogP contribution in [-0.4, -0.2) is 31.3 Å². The highest BCUT2D eigenvalue weighted by molar-refractivity contribution is 7.99. The average molecular weight is 516 g/mol. The van der Waals surface area contributed by atoms with Crippen molar-refractivity contribution in [2.24, 2.45) is 0 Å². The summed E-state index contributed by atoms with van der Waals surface area (Å²) in [4.78, 5) is 22.9. The minimum atomic E-state index is -0.554. The number of thioether (sulfide) groups is 1. The first-order valence-corrected chi connectivity index (χ1v) is 12.2. The number of aromatic nitrogens is 3. The lowest BCUT2D eigenvalue weighted by Gasteiger charge is -2.16. The normalized spacial score (nSPS) is 11.8. The Balaban J connectivity index is 1.68. The number of ether oxygens (including phenoxy) is 1. The minimum absolute atomic E-state index is 0.000198. The average Bonchev–Trinajstić information content (AvgIpc) is 3.22. The summed E-state index contributed by atoms with van der Waals surface area (Å²) in [6, 6.07) is 11.8. The van der Waals surface area contributed by atoms with Gasteiger partial charge in [-0.1, -0.05) is 55.4 Å². The first kappa shape index (κ1) is 26.2. The monoisotopic (exact) mass is 515 g/mol. The van der Waals surface area contributed by atoms with Crippen molar-refractivity contribution >= 4 is 40.6 Å². The summed E-state index contributed by atoms with van der Waals surface area (Å²) in [6.07, 6.45) is 1.32. The number of benzene rings is 2. The van der Waals surface area contributed by atoms with E-state index in [-0.39, 0.29) is 34.2 Å². The van der Waals surface area contributed by atoms with Crippen molar-refractivity contribution in [3.8, 4) is 5.75 Å². The molecule has 1 N–H and O–H groups in total. The SMILES string of the molecule is C=CCn1c(SCC(=O)Nc2cc([N+](=O)[O-])ccc2Cl)nnc1C(C)Oc1ccc(C(C)C)cc1. The molecule has 1 amide bonds. The molecule has 0 fully saturated rings. The molecule has 184 valence electrons. The summed E-state index contributed by atoms with van der Waals surface area (Å²) < 4.78 is 7.90. The third-order valence-corrected chi connectivity index (χ3v) is 6.34. The van der Waals surface area contributed by atoms with Gasteiger partial charge in [-0.25, -0.2) is 0 Å². The third-order valence-electron chi connectivity index (χ3n) is 5.05. The fourth-order valence-electron chi connectivity index (χ4n) is 3.24. The van der Waals surface area contributed by atoms with E-state index in [4.69, 9.17) is 16.3 Å². The van der Waals surface area contributed by atoms with Crippen LogP contribution in [0.3, 0.4) is 0 Å². The highest BCUT2D eigenvalue weighted by Crippen LogP contribution is 2.28. The maximum Gasteiger partial charge on any atom is 0.271 e. The number of nitrogens with zero attached hydrogens (tertiary/aromatic N) is 4. The number of halogens is 1. The van der Waals surface area contributed by atoms with Crippen LogP contribution >= 0.6 is 23.4 Å². The molecular weight excluding hydrogens is 490 g/mol. The summed E-state index contributed by atoms with van der Waals surface area (Å²) in [5.41, 5.74) is 1.23. The van der Waals surface area contributed by atoms with Gasteiger partial charge in [-0.3, -0.25) is 19.5 Å². The van der Waals surface area contributed by atoms with Gasteiger partial charge in [0.05, 0.1) is 21.4 Å². The van der Waals surface area contributed by atoms with Crippen molar-refractivity contribution in [1.82, 2.24) is 14.8 Å². The van der Waals surface area contributed by atoms with Crippen LogP contribution < -0.4 is 10.1 Å². The lowest BCUT2D eigenvalue weighted by atomic mass is 10.0. The highest BCUT2D eigenvalue weighted by atomic mass is 35.5. The van der Waals surface area contributed by atoms with Gasteiger partial charge in [0.25, 0.3) is 5.69 Å². The molecule has 9 nitrogen and oxygen atoms in total. The Hall–Kier alpha value is -3.37. The van der Waals surface area contributed by atoms with E-state index in [1.807, 2.05) is 35.8 Å². The maximum absolute atomic E-state index is 12.5. The second-order valence-corrected chi connectivity index (χ2v) is 9.33. The van der Waals surface area contributed by atoms with Gasteiger partial charge in [-0.15, -0.1) is 16.8 Å². The van der Waals surface area contributed by atoms with E-state index >= 15 is 0 Å². The van der Waals surface area contributed by atoms with Gasteiger partial charge >= 0.3 is 0 Å².